The van der Waals surface area contributed by atoms with Gasteiger partial charge in [-0.3, -0.25) is 4.90 Å². The molecule has 2 unspecified atom stereocenters. The molecule has 4 nitrogen and oxygen atoms in total. The van der Waals surface area contributed by atoms with Crippen LogP contribution in [-0.2, 0) is 0 Å². The van der Waals surface area contributed by atoms with Crippen LogP contribution in [0.25, 0.3) is 0 Å². The lowest BCUT2D eigenvalue weighted by Crippen LogP contribution is -2.68. The van der Waals surface area contributed by atoms with Gasteiger partial charge in [-0.2, -0.15) is 0 Å². The van der Waals surface area contributed by atoms with Gasteiger partial charge in [-0.25, -0.2) is 4.79 Å². The molecule has 3 heterocycles. The third kappa shape index (κ3) is 1.83. The number of hydrogen-bond donors (Lipinski definition) is 0. The highest BCUT2D eigenvalue weighted by molar-refractivity contribution is 5.74. The molecule has 2 amide bonds. The van der Waals surface area contributed by atoms with Gasteiger partial charge in [-0.1, -0.05) is 6.92 Å². The van der Waals surface area contributed by atoms with E-state index in [1.165, 1.54) is 6.42 Å². The molecular weight excluding hydrogens is 190 g/mol. The van der Waals surface area contributed by atoms with Crippen molar-refractivity contribution in [2.24, 2.45) is 0 Å². The molecule has 0 aromatic heterocycles. The van der Waals surface area contributed by atoms with Crippen molar-refractivity contribution in [2.75, 3.05) is 33.7 Å². The Hall–Kier alpha value is -0.770. The lowest BCUT2D eigenvalue weighted by molar-refractivity contribution is -0.0383. The molecule has 0 aromatic rings. The maximum atomic E-state index is 12.0. The van der Waals surface area contributed by atoms with Gasteiger partial charge >= 0.3 is 6.03 Å². The second-order valence-electron chi connectivity index (χ2n) is 4.82. The number of piperazine rings is 1. The smallest absolute Gasteiger partial charge is 0.319 e. The number of carbonyl (C=O) groups is 1. The molecular formula is C11H21N3O. The van der Waals surface area contributed by atoms with Crippen molar-refractivity contribution in [3.8, 4) is 0 Å². The zero-order valence-electron chi connectivity index (χ0n) is 9.94. The van der Waals surface area contributed by atoms with Gasteiger partial charge in [0, 0.05) is 38.8 Å². The molecule has 3 saturated heterocycles. The minimum absolute atomic E-state index is 0.208. The largest absolute Gasteiger partial charge is 0.328 e. The summed E-state index contributed by atoms with van der Waals surface area (Å²) in [5.74, 6) is 0. The SMILES string of the molecule is CCCN(C)C(=O)N1CC2CC(C1)N2C. The van der Waals surface area contributed by atoms with E-state index in [0.717, 1.165) is 26.1 Å². The van der Waals surface area contributed by atoms with Crippen LogP contribution in [0, 0.1) is 0 Å². The Morgan fingerprint density at radius 2 is 2.00 bits per heavy atom. The van der Waals surface area contributed by atoms with E-state index in [0.29, 0.717) is 12.1 Å². The Kier molecular flexibility index (Phi) is 2.87. The van der Waals surface area contributed by atoms with E-state index >= 15 is 0 Å². The number of likely N-dealkylation sites (N-methyl/N-ethyl adjacent to an activating group) is 1. The molecule has 2 bridgehead atoms. The van der Waals surface area contributed by atoms with Gasteiger partial charge in [0.15, 0.2) is 0 Å². The van der Waals surface area contributed by atoms with E-state index in [-0.39, 0.29) is 6.03 Å². The molecule has 0 aromatic carbocycles. The summed E-state index contributed by atoms with van der Waals surface area (Å²) in [6, 6.07) is 1.44. The molecule has 3 aliphatic heterocycles. The highest BCUT2D eigenvalue weighted by Gasteiger charge is 2.43. The number of rotatable bonds is 2. The van der Waals surface area contributed by atoms with Crippen molar-refractivity contribution in [1.82, 2.24) is 14.7 Å². The fraction of sp³-hybridized carbons (Fsp3) is 0.909. The van der Waals surface area contributed by atoms with Gasteiger partial charge in [0.05, 0.1) is 0 Å². The van der Waals surface area contributed by atoms with Crippen LogP contribution in [0.4, 0.5) is 4.79 Å². The summed E-state index contributed by atoms with van der Waals surface area (Å²) >= 11 is 0. The quantitative estimate of drug-likeness (QED) is 0.676. The van der Waals surface area contributed by atoms with E-state index in [1.807, 2.05) is 16.8 Å². The highest BCUT2D eigenvalue weighted by atomic mass is 16.2. The van der Waals surface area contributed by atoms with E-state index in [1.54, 1.807) is 0 Å². The lowest BCUT2D eigenvalue weighted by atomic mass is 9.88. The highest BCUT2D eigenvalue weighted by Crippen LogP contribution is 2.30. The van der Waals surface area contributed by atoms with Crippen molar-refractivity contribution in [3.63, 3.8) is 0 Å². The van der Waals surface area contributed by atoms with Crippen LogP contribution in [0.15, 0.2) is 0 Å². The first kappa shape index (κ1) is 10.7. The van der Waals surface area contributed by atoms with Crippen LogP contribution in [-0.4, -0.2) is 66.5 Å². The minimum Gasteiger partial charge on any atom is -0.328 e. The molecule has 0 aliphatic carbocycles. The zero-order valence-corrected chi connectivity index (χ0v) is 9.94. The second kappa shape index (κ2) is 4.00. The summed E-state index contributed by atoms with van der Waals surface area (Å²) in [7, 11) is 4.06. The number of amides is 2. The fourth-order valence-electron chi connectivity index (χ4n) is 2.63. The van der Waals surface area contributed by atoms with Crippen molar-refractivity contribution in [2.45, 2.75) is 31.8 Å². The minimum atomic E-state index is 0.208. The Morgan fingerprint density at radius 1 is 1.40 bits per heavy atom. The zero-order chi connectivity index (χ0) is 11.0. The molecule has 0 N–H and O–H groups in total. The Labute approximate surface area is 91.8 Å². The third-order valence-corrected chi connectivity index (χ3v) is 3.71. The number of urea groups is 1. The van der Waals surface area contributed by atoms with Gasteiger partial charge in [-0.15, -0.1) is 0 Å². The Morgan fingerprint density at radius 3 is 2.47 bits per heavy atom. The first-order valence-electron chi connectivity index (χ1n) is 5.85. The van der Waals surface area contributed by atoms with Crippen molar-refractivity contribution in [3.05, 3.63) is 0 Å². The van der Waals surface area contributed by atoms with Gasteiger partial charge in [-0.05, 0) is 19.9 Å². The number of hydrogen-bond acceptors (Lipinski definition) is 2. The lowest BCUT2D eigenvalue weighted by Gasteiger charge is -2.55. The fourth-order valence-corrected chi connectivity index (χ4v) is 2.63. The first-order valence-corrected chi connectivity index (χ1v) is 5.85. The van der Waals surface area contributed by atoms with Crippen LogP contribution in [0.1, 0.15) is 19.8 Å². The molecule has 2 atom stereocenters. The molecule has 3 fully saturated rings. The van der Waals surface area contributed by atoms with Gasteiger partial charge < -0.3 is 9.80 Å². The maximum absolute atomic E-state index is 12.0. The average Bonchev–Trinajstić information content (AvgIpc) is 2.27. The summed E-state index contributed by atoms with van der Waals surface area (Å²) in [5, 5.41) is 0. The summed E-state index contributed by atoms with van der Waals surface area (Å²) in [6.07, 6.45) is 2.31. The van der Waals surface area contributed by atoms with E-state index in [9.17, 15) is 4.79 Å². The second-order valence-corrected chi connectivity index (χ2v) is 4.82. The van der Waals surface area contributed by atoms with Crippen LogP contribution >= 0.6 is 0 Å². The molecule has 0 spiro atoms. The molecule has 0 saturated carbocycles. The monoisotopic (exact) mass is 211 g/mol. The van der Waals surface area contributed by atoms with E-state index in [2.05, 4.69) is 18.9 Å². The van der Waals surface area contributed by atoms with Gasteiger partial charge in [0.2, 0.25) is 0 Å². The summed E-state index contributed by atoms with van der Waals surface area (Å²) in [4.78, 5) is 18.2. The van der Waals surface area contributed by atoms with Crippen LogP contribution in [0.3, 0.4) is 0 Å². The molecule has 4 heteroatoms. The van der Waals surface area contributed by atoms with Crippen LogP contribution in [0.2, 0.25) is 0 Å². The number of piperidine rings is 1. The summed E-state index contributed by atoms with van der Waals surface area (Å²) < 4.78 is 0. The number of nitrogens with zero attached hydrogens (tertiary/aromatic N) is 3. The van der Waals surface area contributed by atoms with E-state index < -0.39 is 0 Å². The Balaban J connectivity index is 1.88. The molecule has 0 radical (unpaired) electrons. The summed E-state index contributed by atoms with van der Waals surface area (Å²) in [5.41, 5.74) is 0. The maximum Gasteiger partial charge on any atom is 0.319 e. The first-order chi connectivity index (χ1) is 7.13. The third-order valence-electron chi connectivity index (χ3n) is 3.71. The molecule has 86 valence electrons. The normalized spacial score (nSPS) is 29.9. The molecule has 3 rings (SSSR count). The molecule has 15 heavy (non-hydrogen) atoms. The summed E-state index contributed by atoms with van der Waals surface area (Å²) in [6.45, 7) is 4.80. The van der Waals surface area contributed by atoms with Crippen molar-refractivity contribution in [1.29, 1.82) is 0 Å². The molecule has 3 aliphatic rings. The predicted molar refractivity (Wildman–Crippen MR) is 59.8 cm³/mol. The van der Waals surface area contributed by atoms with E-state index in [4.69, 9.17) is 0 Å². The van der Waals surface area contributed by atoms with Crippen LogP contribution in [0.5, 0.6) is 0 Å². The van der Waals surface area contributed by atoms with Crippen molar-refractivity contribution < 1.29 is 4.79 Å². The van der Waals surface area contributed by atoms with Gasteiger partial charge in [0.25, 0.3) is 0 Å². The predicted octanol–water partition coefficient (Wildman–Crippen LogP) is 0.837. The topological polar surface area (TPSA) is 26.8 Å². The van der Waals surface area contributed by atoms with Crippen LogP contribution < -0.4 is 0 Å². The number of fused-ring (bicyclic) bond motifs is 2. The number of carbonyl (C=O) groups excluding carboxylic acids is 1. The standard InChI is InChI=1S/C11H21N3O/c1-4-5-12(2)11(15)14-7-9-6-10(8-14)13(9)3/h9-10H,4-8H2,1-3H3. The average molecular weight is 211 g/mol. The van der Waals surface area contributed by atoms with Gasteiger partial charge in [0.1, 0.15) is 0 Å². The Bertz CT molecular complexity index is 244. The van der Waals surface area contributed by atoms with Crippen molar-refractivity contribution >= 4 is 6.03 Å².